The van der Waals surface area contributed by atoms with Crippen molar-refractivity contribution in [3.05, 3.63) is 46.3 Å². The van der Waals surface area contributed by atoms with Crippen LogP contribution in [0.1, 0.15) is 16.9 Å². The second-order valence-electron chi connectivity index (χ2n) is 5.37. The van der Waals surface area contributed by atoms with Crippen LogP contribution < -0.4 is 0 Å². The van der Waals surface area contributed by atoms with Gasteiger partial charge in [-0.1, -0.05) is 0 Å². The molecule has 3 aromatic rings. The van der Waals surface area contributed by atoms with Crippen molar-refractivity contribution in [1.29, 1.82) is 0 Å². The zero-order chi connectivity index (χ0) is 16.5. The largest absolute Gasteiger partial charge is 0.376 e. The monoisotopic (exact) mass is 346 g/mol. The van der Waals surface area contributed by atoms with Crippen molar-refractivity contribution < 1.29 is 13.9 Å². The maximum atomic E-state index is 13.2. The number of hydrogen-bond donors (Lipinski definition) is 0. The highest BCUT2D eigenvalue weighted by atomic mass is 32.1. The molecule has 0 aliphatic carbocycles. The molecule has 24 heavy (non-hydrogen) atoms. The Labute approximate surface area is 141 Å². The van der Waals surface area contributed by atoms with Crippen LogP contribution in [0.5, 0.6) is 0 Å². The van der Waals surface area contributed by atoms with Gasteiger partial charge in [0.15, 0.2) is 5.82 Å². The van der Waals surface area contributed by atoms with Crippen LogP contribution in [0.2, 0.25) is 0 Å². The zero-order valence-corrected chi connectivity index (χ0v) is 13.8. The molecule has 1 fully saturated rings. The van der Waals surface area contributed by atoms with Crippen molar-refractivity contribution in [2.24, 2.45) is 0 Å². The summed E-state index contributed by atoms with van der Waals surface area (Å²) in [4.78, 5) is 9.05. The Morgan fingerprint density at radius 1 is 1.21 bits per heavy atom. The molecule has 0 bridgehead atoms. The Hall–Kier alpha value is -2.16. The van der Waals surface area contributed by atoms with Crippen molar-refractivity contribution in [1.82, 2.24) is 19.7 Å². The van der Waals surface area contributed by atoms with Crippen molar-refractivity contribution in [3.8, 4) is 17.2 Å². The molecule has 0 unspecified atom stereocenters. The summed E-state index contributed by atoms with van der Waals surface area (Å²) in [6.07, 6.45) is -0.315. The van der Waals surface area contributed by atoms with Crippen LogP contribution in [0.25, 0.3) is 17.2 Å². The fraction of sp³-hybridized carbons (Fsp3) is 0.312. The van der Waals surface area contributed by atoms with Gasteiger partial charge in [0, 0.05) is 5.38 Å². The molecule has 0 saturated carbocycles. The molecule has 1 saturated heterocycles. The number of ether oxygens (including phenoxy) is 2. The highest BCUT2D eigenvalue weighted by Gasteiger charge is 2.25. The van der Waals surface area contributed by atoms with Gasteiger partial charge in [-0.05, 0) is 31.2 Å². The number of aromatic nitrogens is 4. The fourth-order valence-electron chi connectivity index (χ4n) is 2.52. The molecule has 0 amide bonds. The smallest absolute Gasteiger partial charge is 0.201 e. The topological polar surface area (TPSA) is 62.1 Å². The van der Waals surface area contributed by atoms with E-state index in [-0.39, 0.29) is 11.9 Å². The lowest BCUT2D eigenvalue weighted by Gasteiger charge is -2.22. The maximum absolute atomic E-state index is 13.2. The molecular weight excluding hydrogens is 331 g/mol. The van der Waals surface area contributed by atoms with Gasteiger partial charge in [0.05, 0.1) is 30.5 Å². The normalized spacial score (nSPS) is 18.0. The molecule has 0 radical (unpaired) electrons. The molecule has 8 heteroatoms. The third-order valence-corrected chi connectivity index (χ3v) is 4.43. The lowest BCUT2D eigenvalue weighted by molar-refractivity contribution is -0.0942. The number of aryl methyl sites for hydroxylation is 1. The lowest BCUT2D eigenvalue weighted by atomic mass is 10.3. The molecule has 6 nitrogen and oxygen atoms in total. The first-order valence-corrected chi connectivity index (χ1v) is 8.43. The van der Waals surface area contributed by atoms with Gasteiger partial charge in [-0.15, -0.1) is 16.4 Å². The average molecular weight is 346 g/mol. The summed E-state index contributed by atoms with van der Waals surface area (Å²) in [6, 6.07) is 6.11. The van der Waals surface area contributed by atoms with Crippen molar-refractivity contribution in [2.45, 2.75) is 13.0 Å². The molecule has 3 heterocycles. The Bertz CT molecular complexity index is 840. The molecule has 1 aliphatic heterocycles. The van der Waals surface area contributed by atoms with E-state index in [0.29, 0.717) is 37.2 Å². The molecule has 124 valence electrons. The number of nitrogens with zero attached hydrogens (tertiary/aromatic N) is 4. The van der Waals surface area contributed by atoms with Gasteiger partial charge in [-0.2, -0.15) is 0 Å². The van der Waals surface area contributed by atoms with Crippen molar-refractivity contribution in [2.75, 3.05) is 19.8 Å². The lowest BCUT2D eigenvalue weighted by Crippen LogP contribution is -2.24. The maximum Gasteiger partial charge on any atom is 0.201 e. The van der Waals surface area contributed by atoms with Crippen LogP contribution in [0.15, 0.2) is 29.6 Å². The summed E-state index contributed by atoms with van der Waals surface area (Å²) in [7, 11) is 0. The van der Waals surface area contributed by atoms with E-state index in [1.54, 1.807) is 28.2 Å². The summed E-state index contributed by atoms with van der Waals surface area (Å²) in [6.45, 7) is 3.42. The SMILES string of the molecule is Cc1nc(-c2nc([C@H]3COCCO3)n(-c3ccc(F)cc3)n2)cs1. The summed E-state index contributed by atoms with van der Waals surface area (Å²) in [5.41, 5.74) is 1.43. The second-order valence-corrected chi connectivity index (χ2v) is 6.43. The van der Waals surface area contributed by atoms with Crippen LogP contribution in [0, 0.1) is 12.7 Å². The molecular formula is C16H15FN4O2S. The van der Waals surface area contributed by atoms with Gasteiger partial charge < -0.3 is 9.47 Å². The van der Waals surface area contributed by atoms with Gasteiger partial charge in [0.25, 0.3) is 0 Å². The second kappa shape index (κ2) is 6.39. The number of rotatable bonds is 3. The van der Waals surface area contributed by atoms with Gasteiger partial charge in [0.2, 0.25) is 5.82 Å². The quantitative estimate of drug-likeness (QED) is 0.730. The van der Waals surface area contributed by atoms with E-state index in [9.17, 15) is 4.39 Å². The Morgan fingerprint density at radius 2 is 2.04 bits per heavy atom. The summed E-state index contributed by atoms with van der Waals surface area (Å²) < 4.78 is 26.2. The van der Waals surface area contributed by atoms with Crippen LogP contribution in [0.4, 0.5) is 4.39 Å². The predicted octanol–water partition coefficient (Wildman–Crippen LogP) is 2.93. The van der Waals surface area contributed by atoms with Gasteiger partial charge in [0.1, 0.15) is 17.6 Å². The highest BCUT2D eigenvalue weighted by molar-refractivity contribution is 7.09. The molecule has 1 aromatic carbocycles. The first-order chi connectivity index (χ1) is 11.7. The summed E-state index contributed by atoms with van der Waals surface area (Å²) >= 11 is 1.54. The van der Waals surface area contributed by atoms with Crippen molar-refractivity contribution >= 4 is 11.3 Å². The molecule has 4 rings (SSSR count). The van der Waals surface area contributed by atoms with Crippen LogP contribution in [-0.2, 0) is 9.47 Å². The van der Waals surface area contributed by atoms with E-state index in [2.05, 4.69) is 15.1 Å². The van der Waals surface area contributed by atoms with E-state index in [4.69, 9.17) is 9.47 Å². The number of hydrogen-bond acceptors (Lipinski definition) is 6. The first-order valence-electron chi connectivity index (χ1n) is 7.55. The minimum atomic E-state index is -0.315. The van der Waals surface area contributed by atoms with E-state index in [1.807, 2.05) is 12.3 Å². The molecule has 0 spiro atoms. The first kappa shape index (κ1) is 15.4. The van der Waals surface area contributed by atoms with E-state index < -0.39 is 0 Å². The van der Waals surface area contributed by atoms with E-state index in [0.717, 1.165) is 10.7 Å². The Kier molecular flexibility index (Phi) is 4.09. The van der Waals surface area contributed by atoms with Crippen LogP contribution in [-0.4, -0.2) is 39.6 Å². The molecule has 1 atom stereocenters. The minimum Gasteiger partial charge on any atom is -0.376 e. The van der Waals surface area contributed by atoms with Crippen LogP contribution in [0.3, 0.4) is 0 Å². The molecule has 1 aliphatic rings. The Morgan fingerprint density at radius 3 is 2.71 bits per heavy atom. The highest BCUT2D eigenvalue weighted by Crippen LogP contribution is 2.26. The standard InChI is InChI=1S/C16H15FN4O2S/c1-10-18-13(9-24-10)15-19-16(14-8-22-6-7-23-14)21(20-15)12-4-2-11(17)3-5-12/h2-5,9,14H,6-8H2,1H3/t14-/m1/s1. The van der Waals surface area contributed by atoms with Gasteiger partial charge >= 0.3 is 0 Å². The summed E-state index contributed by atoms with van der Waals surface area (Å²) in [5, 5.41) is 7.43. The third-order valence-electron chi connectivity index (χ3n) is 3.66. The average Bonchev–Trinajstić information content (AvgIpc) is 3.23. The third kappa shape index (κ3) is 2.95. The minimum absolute atomic E-state index is 0.298. The molecule has 2 aromatic heterocycles. The van der Waals surface area contributed by atoms with Gasteiger partial charge in [-0.25, -0.2) is 19.0 Å². The number of benzene rings is 1. The van der Waals surface area contributed by atoms with E-state index >= 15 is 0 Å². The van der Waals surface area contributed by atoms with Crippen molar-refractivity contribution in [3.63, 3.8) is 0 Å². The number of halogens is 1. The molecule has 0 N–H and O–H groups in total. The van der Waals surface area contributed by atoms with Gasteiger partial charge in [-0.3, -0.25) is 0 Å². The Balaban J connectivity index is 1.79. The predicted molar refractivity (Wildman–Crippen MR) is 86.7 cm³/mol. The van der Waals surface area contributed by atoms with E-state index in [1.165, 1.54) is 12.1 Å². The number of thiazole rings is 1. The fourth-order valence-corrected chi connectivity index (χ4v) is 3.11. The van der Waals surface area contributed by atoms with Crippen LogP contribution >= 0.6 is 11.3 Å². The summed E-state index contributed by atoms with van der Waals surface area (Å²) in [5.74, 6) is 0.850. The zero-order valence-electron chi connectivity index (χ0n) is 13.0.